The monoisotopic (exact) mass is 345 g/mol. The highest BCUT2D eigenvalue weighted by atomic mass is 28.4. The van der Waals surface area contributed by atoms with Crippen LogP contribution in [0.15, 0.2) is 0 Å². The molecule has 0 rings (SSSR count). The van der Waals surface area contributed by atoms with Gasteiger partial charge in [-0.2, -0.15) is 0 Å². The van der Waals surface area contributed by atoms with Crippen molar-refractivity contribution in [2.24, 2.45) is 0 Å². The maximum Gasteiger partial charge on any atom is 0.199 e. The molecule has 0 aliphatic heterocycles. The van der Waals surface area contributed by atoms with E-state index in [4.69, 9.17) is 4.43 Å². The van der Waals surface area contributed by atoms with Gasteiger partial charge in [-0.25, -0.2) is 0 Å². The lowest BCUT2D eigenvalue weighted by atomic mass is 10.3. The molecule has 5 heteroatoms. The Kier molecular flexibility index (Phi) is 13.4. The van der Waals surface area contributed by atoms with Crippen LogP contribution in [0.1, 0.15) is 39.5 Å². The average Bonchev–Trinajstić information content (AvgIpc) is 2.47. The van der Waals surface area contributed by atoms with Crippen molar-refractivity contribution < 1.29 is 4.43 Å². The second-order valence-corrected chi connectivity index (χ2v) is 11.8. The molecule has 0 aromatic heterocycles. The van der Waals surface area contributed by atoms with E-state index >= 15 is 0 Å². The predicted molar refractivity (Wildman–Crippen MR) is 106 cm³/mol. The van der Waals surface area contributed by atoms with Gasteiger partial charge in [0.25, 0.3) is 0 Å². The molecule has 4 nitrogen and oxygen atoms in total. The highest BCUT2D eigenvalue weighted by Gasteiger charge is 2.24. The van der Waals surface area contributed by atoms with E-state index in [9.17, 15) is 0 Å². The van der Waals surface area contributed by atoms with Gasteiger partial charge in [0.15, 0.2) is 8.32 Å². The minimum Gasteiger partial charge on any atom is -0.419 e. The van der Waals surface area contributed by atoms with E-state index in [1.807, 2.05) is 7.11 Å². The Bertz CT molecular complexity index is 259. The van der Waals surface area contributed by atoms with Crippen LogP contribution in [-0.2, 0) is 4.43 Å². The normalized spacial score (nSPS) is 12.8. The van der Waals surface area contributed by atoms with Crippen LogP contribution in [0.4, 0.5) is 0 Å². The van der Waals surface area contributed by atoms with Crippen molar-refractivity contribution in [3.05, 3.63) is 0 Å². The minimum absolute atomic E-state index is 1.15. The highest BCUT2D eigenvalue weighted by molar-refractivity contribution is 6.71. The molecular formula is C18H43N3OSi. The molecule has 0 fully saturated rings. The summed E-state index contributed by atoms with van der Waals surface area (Å²) in [5.74, 6) is 0. The third kappa shape index (κ3) is 13.1. The quantitative estimate of drug-likeness (QED) is 0.424. The van der Waals surface area contributed by atoms with Crippen LogP contribution in [0.2, 0.25) is 13.1 Å². The lowest BCUT2D eigenvalue weighted by Crippen LogP contribution is -2.46. The van der Waals surface area contributed by atoms with E-state index in [0.29, 0.717) is 0 Å². The van der Waals surface area contributed by atoms with E-state index in [2.05, 4.69) is 55.7 Å². The maximum absolute atomic E-state index is 5.78. The molecule has 0 unspecified atom stereocenters. The molecule has 0 radical (unpaired) electrons. The van der Waals surface area contributed by atoms with Gasteiger partial charge in [0.2, 0.25) is 0 Å². The van der Waals surface area contributed by atoms with E-state index in [-0.39, 0.29) is 0 Å². The molecule has 0 aliphatic carbocycles. The molecule has 0 aromatic rings. The van der Waals surface area contributed by atoms with Crippen molar-refractivity contribution in [1.29, 1.82) is 0 Å². The van der Waals surface area contributed by atoms with Crippen molar-refractivity contribution in [2.45, 2.75) is 52.6 Å². The first kappa shape index (κ1) is 23.1. The second kappa shape index (κ2) is 13.4. The van der Waals surface area contributed by atoms with Gasteiger partial charge in [-0.15, -0.1) is 0 Å². The summed E-state index contributed by atoms with van der Waals surface area (Å²) in [4.78, 5) is 7.55. The first-order chi connectivity index (χ1) is 10.8. The lowest BCUT2D eigenvalue weighted by molar-refractivity contribution is 0.238. The summed E-state index contributed by atoms with van der Waals surface area (Å²) in [7, 11) is 4.83. The van der Waals surface area contributed by atoms with E-state index in [0.717, 1.165) is 6.17 Å². The summed E-state index contributed by atoms with van der Waals surface area (Å²) in [6, 6.07) is 0. The van der Waals surface area contributed by atoms with Gasteiger partial charge in [-0.1, -0.05) is 13.8 Å². The van der Waals surface area contributed by atoms with Gasteiger partial charge in [-0.3, -0.25) is 0 Å². The standard InChI is InChI=1S/C18H43N3OSi/c1-8-12-19(3)14-10-16-21(18-23(6,7)22-5)17-11-15-20(4)13-9-2/h8-18H2,1-7H3. The van der Waals surface area contributed by atoms with Gasteiger partial charge >= 0.3 is 0 Å². The van der Waals surface area contributed by atoms with Crippen LogP contribution in [0.3, 0.4) is 0 Å². The van der Waals surface area contributed by atoms with E-state index in [1.54, 1.807) is 0 Å². The zero-order valence-corrected chi connectivity index (χ0v) is 18.0. The molecule has 0 amide bonds. The molecule has 0 spiro atoms. The Morgan fingerprint density at radius 2 is 1.17 bits per heavy atom. The fourth-order valence-corrected chi connectivity index (χ4v) is 4.51. The molecule has 140 valence electrons. The molecular weight excluding hydrogens is 302 g/mol. The zero-order chi connectivity index (χ0) is 17.7. The third-order valence-electron chi connectivity index (χ3n) is 4.40. The predicted octanol–water partition coefficient (Wildman–Crippen LogP) is 3.14. The molecule has 0 aliphatic rings. The smallest absolute Gasteiger partial charge is 0.199 e. The van der Waals surface area contributed by atoms with Crippen molar-refractivity contribution in [2.75, 3.05) is 66.6 Å². The Morgan fingerprint density at radius 3 is 1.52 bits per heavy atom. The average molecular weight is 346 g/mol. The van der Waals surface area contributed by atoms with Crippen molar-refractivity contribution in [1.82, 2.24) is 14.7 Å². The third-order valence-corrected chi connectivity index (χ3v) is 6.71. The van der Waals surface area contributed by atoms with Gasteiger partial charge < -0.3 is 19.1 Å². The molecule has 0 N–H and O–H groups in total. The number of hydrogen-bond donors (Lipinski definition) is 0. The number of rotatable bonds is 15. The first-order valence-electron chi connectivity index (χ1n) is 9.49. The second-order valence-electron chi connectivity index (χ2n) is 7.55. The molecule has 0 bridgehead atoms. The molecule has 0 saturated carbocycles. The van der Waals surface area contributed by atoms with Crippen LogP contribution in [-0.4, -0.2) is 89.7 Å². The van der Waals surface area contributed by atoms with Gasteiger partial charge in [0.05, 0.1) is 0 Å². The number of nitrogens with zero attached hydrogens (tertiary/aromatic N) is 3. The first-order valence-corrected chi connectivity index (χ1v) is 12.6. The van der Waals surface area contributed by atoms with E-state index in [1.165, 1.54) is 65.0 Å². The van der Waals surface area contributed by atoms with Gasteiger partial charge in [0, 0.05) is 13.3 Å². The Balaban J connectivity index is 4.23. The van der Waals surface area contributed by atoms with Crippen LogP contribution < -0.4 is 0 Å². The minimum atomic E-state index is -1.53. The molecule has 0 saturated heterocycles. The Labute approximate surface area is 147 Å². The molecule has 0 atom stereocenters. The number of hydrogen-bond acceptors (Lipinski definition) is 4. The summed E-state index contributed by atoms with van der Waals surface area (Å²) in [6.07, 6.45) is 6.16. The van der Waals surface area contributed by atoms with Crippen molar-refractivity contribution in [3.63, 3.8) is 0 Å². The van der Waals surface area contributed by atoms with Gasteiger partial charge in [0.1, 0.15) is 0 Å². The summed E-state index contributed by atoms with van der Waals surface area (Å²) in [6.45, 7) is 16.4. The maximum atomic E-state index is 5.78. The zero-order valence-electron chi connectivity index (χ0n) is 17.0. The summed E-state index contributed by atoms with van der Waals surface area (Å²) in [5.41, 5.74) is 0. The summed E-state index contributed by atoms with van der Waals surface area (Å²) >= 11 is 0. The van der Waals surface area contributed by atoms with Crippen LogP contribution in [0.5, 0.6) is 0 Å². The van der Waals surface area contributed by atoms with Crippen LogP contribution >= 0.6 is 0 Å². The fourth-order valence-electron chi connectivity index (χ4n) is 2.99. The van der Waals surface area contributed by atoms with E-state index < -0.39 is 8.32 Å². The lowest BCUT2D eigenvalue weighted by Gasteiger charge is -2.31. The SMILES string of the molecule is CCCN(C)CCCN(CCCN(C)CCC)C[Si](C)(C)OC. The summed E-state index contributed by atoms with van der Waals surface area (Å²) < 4.78 is 5.78. The summed E-state index contributed by atoms with van der Waals surface area (Å²) in [5, 5.41) is 0. The largest absolute Gasteiger partial charge is 0.419 e. The van der Waals surface area contributed by atoms with Crippen molar-refractivity contribution >= 4 is 8.32 Å². The van der Waals surface area contributed by atoms with Crippen LogP contribution in [0, 0.1) is 0 Å². The molecule has 23 heavy (non-hydrogen) atoms. The molecule has 0 aromatic carbocycles. The fraction of sp³-hybridized carbons (Fsp3) is 1.00. The topological polar surface area (TPSA) is 19.0 Å². The van der Waals surface area contributed by atoms with Crippen LogP contribution in [0.25, 0.3) is 0 Å². The highest BCUT2D eigenvalue weighted by Crippen LogP contribution is 2.08. The molecule has 0 heterocycles. The van der Waals surface area contributed by atoms with Crippen molar-refractivity contribution in [3.8, 4) is 0 Å². The van der Waals surface area contributed by atoms with Gasteiger partial charge in [-0.05, 0) is 92.1 Å². The Morgan fingerprint density at radius 1 is 0.739 bits per heavy atom. The Hall–Kier alpha value is 0.0569.